The Morgan fingerprint density at radius 2 is 2.45 bits per heavy atom. The van der Waals surface area contributed by atoms with E-state index in [9.17, 15) is 4.79 Å². The molecule has 0 spiro atoms. The van der Waals surface area contributed by atoms with Crippen LogP contribution in [-0.2, 0) is 7.05 Å². The van der Waals surface area contributed by atoms with Crippen molar-refractivity contribution in [2.24, 2.45) is 12.8 Å². The SMILES string of the molecule is COc1nn(C)cc1C(N)=O. The van der Waals surface area contributed by atoms with E-state index in [1.54, 1.807) is 7.05 Å². The number of hydrogen-bond donors (Lipinski definition) is 1. The minimum Gasteiger partial charge on any atom is -0.479 e. The maximum absolute atomic E-state index is 10.7. The van der Waals surface area contributed by atoms with E-state index in [4.69, 9.17) is 10.5 Å². The van der Waals surface area contributed by atoms with Gasteiger partial charge in [0.15, 0.2) is 0 Å². The van der Waals surface area contributed by atoms with Crippen molar-refractivity contribution in [2.45, 2.75) is 0 Å². The first-order valence-corrected chi connectivity index (χ1v) is 3.02. The molecule has 0 saturated carbocycles. The molecule has 5 nitrogen and oxygen atoms in total. The maximum Gasteiger partial charge on any atom is 0.255 e. The van der Waals surface area contributed by atoms with Gasteiger partial charge >= 0.3 is 0 Å². The lowest BCUT2D eigenvalue weighted by Gasteiger charge is -1.93. The van der Waals surface area contributed by atoms with Crippen LogP contribution < -0.4 is 10.5 Å². The van der Waals surface area contributed by atoms with Crippen LogP contribution in [-0.4, -0.2) is 22.8 Å². The van der Waals surface area contributed by atoms with E-state index in [2.05, 4.69) is 5.10 Å². The monoisotopic (exact) mass is 155 g/mol. The average Bonchev–Trinajstić information content (AvgIpc) is 2.30. The number of amides is 1. The highest BCUT2D eigenvalue weighted by atomic mass is 16.5. The fourth-order valence-corrected chi connectivity index (χ4v) is 0.788. The summed E-state index contributed by atoms with van der Waals surface area (Å²) >= 11 is 0. The van der Waals surface area contributed by atoms with Gasteiger partial charge in [-0.3, -0.25) is 9.48 Å². The van der Waals surface area contributed by atoms with Crippen LogP contribution in [0.25, 0.3) is 0 Å². The van der Waals surface area contributed by atoms with E-state index in [1.165, 1.54) is 18.0 Å². The van der Waals surface area contributed by atoms with E-state index in [-0.39, 0.29) is 5.88 Å². The van der Waals surface area contributed by atoms with Gasteiger partial charge in [-0.1, -0.05) is 0 Å². The van der Waals surface area contributed by atoms with Gasteiger partial charge < -0.3 is 10.5 Å². The molecule has 1 heterocycles. The highest BCUT2D eigenvalue weighted by Gasteiger charge is 2.11. The Balaban J connectivity index is 3.12. The van der Waals surface area contributed by atoms with Crippen LogP contribution in [0, 0.1) is 0 Å². The number of nitrogens with zero attached hydrogens (tertiary/aromatic N) is 2. The number of ether oxygens (including phenoxy) is 1. The van der Waals surface area contributed by atoms with Crippen molar-refractivity contribution in [1.29, 1.82) is 0 Å². The Morgan fingerprint density at radius 1 is 1.82 bits per heavy atom. The number of carbonyl (C=O) groups is 1. The van der Waals surface area contributed by atoms with Gasteiger partial charge in [-0.05, 0) is 0 Å². The van der Waals surface area contributed by atoms with Gasteiger partial charge in [0.1, 0.15) is 5.56 Å². The predicted octanol–water partition coefficient (Wildman–Crippen LogP) is -0.472. The van der Waals surface area contributed by atoms with Gasteiger partial charge in [0.25, 0.3) is 5.91 Å². The molecule has 0 aliphatic heterocycles. The summed E-state index contributed by atoms with van der Waals surface area (Å²) < 4.78 is 6.27. The summed E-state index contributed by atoms with van der Waals surface area (Å²) in [5.74, 6) is -0.269. The lowest BCUT2D eigenvalue weighted by Crippen LogP contribution is -2.11. The van der Waals surface area contributed by atoms with Crippen LogP contribution in [0.1, 0.15) is 10.4 Å². The molecule has 0 saturated heterocycles. The lowest BCUT2D eigenvalue weighted by molar-refractivity contribution is 0.0997. The molecular formula is C6H9N3O2. The minimum atomic E-state index is -0.532. The first kappa shape index (κ1) is 7.59. The van der Waals surface area contributed by atoms with Crippen LogP contribution in [0.5, 0.6) is 5.88 Å². The molecule has 0 aliphatic rings. The van der Waals surface area contributed by atoms with Crippen LogP contribution in [0.2, 0.25) is 0 Å². The number of aryl methyl sites for hydroxylation is 1. The highest BCUT2D eigenvalue weighted by Crippen LogP contribution is 2.12. The second-order valence-corrected chi connectivity index (χ2v) is 2.09. The summed E-state index contributed by atoms with van der Waals surface area (Å²) in [5, 5.41) is 3.84. The lowest BCUT2D eigenvalue weighted by atomic mass is 10.3. The van der Waals surface area contributed by atoms with Gasteiger partial charge in [-0.15, -0.1) is 5.10 Å². The average molecular weight is 155 g/mol. The van der Waals surface area contributed by atoms with E-state index in [0.717, 1.165) is 0 Å². The summed E-state index contributed by atoms with van der Waals surface area (Å²) in [7, 11) is 3.13. The highest BCUT2D eigenvalue weighted by molar-refractivity contribution is 5.94. The third kappa shape index (κ3) is 1.31. The van der Waals surface area contributed by atoms with Crippen LogP contribution in [0.4, 0.5) is 0 Å². The number of aromatic nitrogens is 2. The zero-order valence-electron chi connectivity index (χ0n) is 6.37. The molecule has 1 rings (SSSR count). The molecule has 1 aromatic heterocycles. The normalized spacial score (nSPS) is 9.64. The largest absolute Gasteiger partial charge is 0.479 e. The van der Waals surface area contributed by atoms with E-state index >= 15 is 0 Å². The second kappa shape index (κ2) is 2.61. The zero-order chi connectivity index (χ0) is 8.43. The predicted molar refractivity (Wildman–Crippen MR) is 38.3 cm³/mol. The van der Waals surface area contributed by atoms with Gasteiger partial charge in [0.05, 0.1) is 7.11 Å². The maximum atomic E-state index is 10.7. The summed E-state index contributed by atoms with van der Waals surface area (Å²) in [6, 6.07) is 0. The summed E-state index contributed by atoms with van der Waals surface area (Å²) in [4.78, 5) is 10.7. The van der Waals surface area contributed by atoms with Crippen molar-refractivity contribution in [3.05, 3.63) is 11.8 Å². The smallest absolute Gasteiger partial charge is 0.255 e. The van der Waals surface area contributed by atoms with Crippen LogP contribution in [0.3, 0.4) is 0 Å². The Hall–Kier alpha value is -1.52. The van der Waals surface area contributed by atoms with Crippen LogP contribution in [0.15, 0.2) is 6.20 Å². The third-order valence-corrected chi connectivity index (χ3v) is 1.25. The molecule has 0 atom stereocenters. The molecule has 0 unspecified atom stereocenters. The third-order valence-electron chi connectivity index (χ3n) is 1.25. The van der Waals surface area contributed by atoms with Gasteiger partial charge in [0, 0.05) is 13.2 Å². The number of rotatable bonds is 2. The topological polar surface area (TPSA) is 70.1 Å². The number of carbonyl (C=O) groups excluding carboxylic acids is 1. The number of nitrogens with two attached hydrogens (primary N) is 1. The molecule has 0 aliphatic carbocycles. The van der Waals surface area contributed by atoms with Gasteiger partial charge in [-0.2, -0.15) is 0 Å². The standard InChI is InChI=1S/C6H9N3O2/c1-9-3-4(5(7)10)6(8-9)11-2/h3H,1-2H3,(H2,7,10). The molecule has 5 heteroatoms. The molecule has 60 valence electrons. The molecule has 1 aromatic rings. The molecule has 2 N–H and O–H groups in total. The molecule has 0 aromatic carbocycles. The Kier molecular flexibility index (Phi) is 1.80. The van der Waals surface area contributed by atoms with Crippen molar-refractivity contribution in [3.8, 4) is 5.88 Å². The molecular weight excluding hydrogens is 146 g/mol. The molecule has 11 heavy (non-hydrogen) atoms. The molecule has 1 amide bonds. The summed E-state index contributed by atoms with van der Waals surface area (Å²) in [6.07, 6.45) is 1.52. The Morgan fingerprint density at radius 3 is 2.82 bits per heavy atom. The first-order chi connectivity index (χ1) is 5.15. The molecule has 0 radical (unpaired) electrons. The van der Waals surface area contributed by atoms with Crippen molar-refractivity contribution >= 4 is 5.91 Å². The number of hydrogen-bond acceptors (Lipinski definition) is 3. The minimum absolute atomic E-state index is 0.264. The molecule has 0 bridgehead atoms. The van der Waals surface area contributed by atoms with Crippen molar-refractivity contribution < 1.29 is 9.53 Å². The first-order valence-electron chi connectivity index (χ1n) is 3.02. The fourth-order valence-electron chi connectivity index (χ4n) is 0.788. The number of primary amides is 1. The second-order valence-electron chi connectivity index (χ2n) is 2.09. The zero-order valence-corrected chi connectivity index (χ0v) is 6.37. The van der Waals surface area contributed by atoms with Gasteiger partial charge in [0.2, 0.25) is 5.88 Å². The summed E-state index contributed by atoms with van der Waals surface area (Å²) in [5.41, 5.74) is 5.33. The van der Waals surface area contributed by atoms with E-state index in [0.29, 0.717) is 5.56 Å². The van der Waals surface area contributed by atoms with E-state index < -0.39 is 5.91 Å². The van der Waals surface area contributed by atoms with Crippen LogP contribution >= 0.6 is 0 Å². The van der Waals surface area contributed by atoms with Crippen molar-refractivity contribution in [2.75, 3.05) is 7.11 Å². The van der Waals surface area contributed by atoms with Crippen molar-refractivity contribution in [1.82, 2.24) is 9.78 Å². The Labute approximate surface area is 63.7 Å². The molecule has 0 fully saturated rings. The fraction of sp³-hybridized carbons (Fsp3) is 0.333. The van der Waals surface area contributed by atoms with Gasteiger partial charge in [-0.25, -0.2) is 0 Å². The van der Waals surface area contributed by atoms with E-state index in [1.807, 2.05) is 0 Å². The Bertz CT molecular complexity index is 279. The quantitative estimate of drug-likeness (QED) is 0.627. The summed E-state index contributed by atoms with van der Waals surface area (Å²) in [6.45, 7) is 0. The number of methoxy groups -OCH3 is 1. The van der Waals surface area contributed by atoms with Crippen molar-refractivity contribution in [3.63, 3.8) is 0 Å².